The molecule has 1 fully saturated rings. The number of carbonyl (C=O) groups excluding carboxylic acids is 1. The second-order valence-corrected chi connectivity index (χ2v) is 5.23. The van der Waals surface area contributed by atoms with Gasteiger partial charge in [0.2, 0.25) is 0 Å². The molecule has 0 radical (unpaired) electrons. The summed E-state index contributed by atoms with van der Waals surface area (Å²) in [6.45, 7) is 5.23. The van der Waals surface area contributed by atoms with Crippen molar-refractivity contribution in [1.82, 2.24) is 9.88 Å². The van der Waals surface area contributed by atoms with Crippen LogP contribution in [0.15, 0.2) is 18.5 Å². The van der Waals surface area contributed by atoms with Crippen molar-refractivity contribution in [2.24, 2.45) is 0 Å². The predicted molar refractivity (Wildman–Crippen MR) is 70.0 cm³/mol. The Kier molecular flexibility index (Phi) is 4.63. The molecule has 2 rings (SSSR count). The van der Waals surface area contributed by atoms with Crippen LogP contribution in [0.2, 0.25) is 0 Å². The lowest BCUT2D eigenvalue weighted by Gasteiger charge is -2.34. The van der Waals surface area contributed by atoms with Gasteiger partial charge in [0.05, 0.1) is 17.7 Å². The highest BCUT2D eigenvalue weighted by Crippen LogP contribution is 2.32. The van der Waals surface area contributed by atoms with Gasteiger partial charge < -0.3 is 4.74 Å². The molecule has 0 spiro atoms. The lowest BCUT2D eigenvalue weighted by molar-refractivity contribution is -0.138. The fraction of sp³-hybridized carbons (Fsp3) is 0.571. The Balaban J connectivity index is 2.24. The maximum atomic E-state index is 12.9. The topological polar surface area (TPSA) is 42.4 Å². The molecule has 21 heavy (non-hydrogen) atoms. The monoisotopic (exact) mass is 302 g/mol. The molecular weight excluding hydrogens is 285 g/mol. The molecule has 0 aromatic carbocycles. The number of ketones is 1. The SMILES string of the molecule is CC(C)N1CCOC(C(=O)c2cnccc2C(F)(F)F)C1. The van der Waals surface area contributed by atoms with Crippen molar-refractivity contribution in [3.8, 4) is 0 Å². The zero-order valence-corrected chi connectivity index (χ0v) is 11.9. The molecule has 2 heterocycles. The number of aromatic nitrogens is 1. The van der Waals surface area contributed by atoms with Crippen LogP contribution >= 0.6 is 0 Å². The smallest absolute Gasteiger partial charge is 0.367 e. The van der Waals surface area contributed by atoms with Gasteiger partial charge in [0.1, 0.15) is 6.10 Å². The van der Waals surface area contributed by atoms with Crippen molar-refractivity contribution in [3.63, 3.8) is 0 Å². The van der Waals surface area contributed by atoms with E-state index in [0.29, 0.717) is 19.7 Å². The van der Waals surface area contributed by atoms with Gasteiger partial charge in [0, 0.05) is 31.5 Å². The third-order valence-electron chi connectivity index (χ3n) is 3.51. The lowest BCUT2D eigenvalue weighted by Crippen LogP contribution is -2.48. The van der Waals surface area contributed by atoms with E-state index in [0.717, 1.165) is 18.5 Å². The van der Waals surface area contributed by atoms with Crippen LogP contribution in [0.5, 0.6) is 0 Å². The Labute approximate surface area is 120 Å². The van der Waals surface area contributed by atoms with Crippen molar-refractivity contribution in [2.75, 3.05) is 19.7 Å². The van der Waals surface area contributed by atoms with E-state index >= 15 is 0 Å². The number of pyridine rings is 1. The van der Waals surface area contributed by atoms with E-state index < -0.39 is 29.2 Å². The largest absolute Gasteiger partial charge is 0.417 e. The van der Waals surface area contributed by atoms with Gasteiger partial charge in [-0.3, -0.25) is 14.7 Å². The fourth-order valence-corrected chi connectivity index (χ4v) is 2.31. The number of nitrogens with zero attached hydrogens (tertiary/aromatic N) is 2. The second kappa shape index (κ2) is 6.11. The van der Waals surface area contributed by atoms with E-state index in [2.05, 4.69) is 4.98 Å². The van der Waals surface area contributed by atoms with Crippen LogP contribution in [0.3, 0.4) is 0 Å². The van der Waals surface area contributed by atoms with Gasteiger partial charge in [0.15, 0.2) is 5.78 Å². The Morgan fingerprint density at radius 3 is 2.81 bits per heavy atom. The normalized spacial score (nSPS) is 20.8. The first-order valence-electron chi connectivity index (χ1n) is 6.71. The molecule has 0 saturated carbocycles. The van der Waals surface area contributed by atoms with Gasteiger partial charge in [0.25, 0.3) is 0 Å². The summed E-state index contributed by atoms with van der Waals surface area (Å²) in [5.41, 5.74) is -1.40. The number of carbonyl (C=O) groups is 1. The Morgan fingerprint density at radius 2 is 2.19 bits per heavy atom. The number of morpholine rings is 1. The van der Waals surface area contributed by atoms with E-state index in [4.69, 9.17) is 4.74 Å². The number of hydrogen-bond acceptors (Lipinski definition) is 4. The minimum Gasteiger partial charge on any atom is -0.367 e. The fourth-order valence-electron chi connectivity index (χ4n) is 2.31. The summed E-state index contributed by atoms with van der Waals surface area (Å²) in [4.78, 5) is 18.0. The van der Waals surface area contributed by atoms with Gasteiger partial charge in [-0.1, -0.05) is 0 Å². The molecule has 1 atom stereocenters. The molecule has 1 aromatic heterocycles. The van der Waals surface area contributed by atoms with Crippen molar-refractivity contribution in [1.29, 1.82) is 0 Å². The highest BCUT2D eigenvalue weighted by molar-refractivity contribution is 6.00. The zero-order chi connectivity index (χ0) is 15.6. The van der Waals surface area contributed by atoms with E-state index in [1.807, 2.05) is 18.7 Å². The first-order valence-corrected chi connectivity index (χ1v) is 6.71. The van der Waals surface area contributed by atoms with Crippen LogP contribution in [0.25, 0.3) is 0 Å². The number of alkyl halides is 3. The van der Waals surface area contributed by atoms with Gasteiger partial charge in [-0.05, 0) is 19.9 Å². The predicted octanol–water partition coefficient (Wildman–Crippen LogP) is 2.39. The molecule has 1 saturated heterocycles. The number of halogens is 3. The molecule has 4 nitrogen and oxygen atoms in total. The van der Waals surface area contributed by atoms with E-state index in [9.17, 15) is 18.0 Å². The van der Waals surface area contributed by atoms with E-state index in [1.165, 1.54) is 0 Å². The van der Waals surface area contributed by atoms with E-state index in [1.54, 1.807) is 0 Å². The minimum absolute atomic E-state index is 0.209. The van der Waals surface area contributed by atoms with Crippen LogP contribution in [0, 0.1) is 0 Å². The molecule has 0 aliphatic carbocycles. The highest BCUT2D eigenvalue weighted by atomic mass is 19.4. The highest BCUT2D eigenvalue weighted by Gasteiger charge is 2.38. The van der Waals surface area contributed by atoms with Crippen LogP contribution in [-0.2, 0) is 10.9 Å². The molecule has 116 valence electrons. The molecule has 1 aliphatic rings. The van der Waals surface area contributed by atoms with Gasteiger partial charge in [-0.25, -0.2) is 0 Å². The van der Waals surface area contributed by atoms with Crippen molar-refractivity contribution < 1.29 is 22.7 Å². The number of hydrogen-bond donors (Lipinski definition) is 0. The van der Waals surface area contributed by atoms with Gasteiger partial charge >= 0.3 is 6.18 Å². The van der Waals surface area contributed by atoms with Crippen LogP contribution in [0.1, 0.15) is 29.8 Å². The zero-order valence-electron chi connectivity index (χ0n) is 11.9. The van der Waals surface area contributed by atoms with Crippen LogP contribution in [0.4, 0.5) is 13.2 Å². The summed E-state index contributed by atoms with van der Waals surface area (Å²) < 4.78 is 44.2. The molecule has 1 unspecified atom stereocenters. The Bertz CT molecular complexity index is 517. The molecule has 0 N–H and O–H groups in total. The average Bonchev–Trinajstić information content (AvgIpc) is 2.45. The summed E-state index contributed by atoms with van der Waals surface area (Å²) in [6.07, 6.45) is -3.48. The summed E-state index contributed by atoms with van der Waals surface area (Å²) in [5.74, 6) is -0.666. The summed E-state index contributed by atoms with van der Waals surface area (Å²) in [7, 11) is 0. The maximum absolute atomic E-state index is 12.9. The lowest BCUT2D eigenvalue weighted by atomic mass is 10.0. The second-order valence-electron chi connectivity index (χ2n) is 5.23. The molecule has 0 amide bonds. The van der Waals surface area contributed by atoms with Crippen molar-refractivity contribution in [3.05, 3.63) is 29.6 Å². The number of ether oxygens (including phenoxy) is 1. The molecule has 0 bridgehead atoms. The van der Waals surface area contributed by atoms with Crippen molar-refractivity contribution in [2.45, 2.75) is 32.2 Å². The molecule has 1 aliphatic heterocycles. The van der Waals surface area contributed by atoms with Crippen LogP contribution in [-0.4, -0.2) is 47.5 Å². The van der Waals surface area contributed by atoms with E-state index in [-0.39, 0.29) is 6.04 Å². The van der Waals surface area contributed by atoms with Crippen molar-refractivity contribution >= 4 is 5.78 Å². The molecular formula is C14H17F3N2O2. The molecule has 7 heteroatoms. The standard InChI is InChI=1S/C14H17F3N2O2/c1-9(2)19-5-6-21-12(8-19)13(20)10-7-18-4-3-11(10)14(15,16)17/h3-4,7,9,12H,5-6,8H2,1-2H3. The average molecular weight is 302 g/mol. The van der Waals surface area contributed by atoms with Crippen LogP contribution < -0.4 is 0 Å². The summed E-state index contributed by atoms with van der Waals surface area (Å²) >= 11 is 0. The Morgan fingerprint density at radius 1 is 1.48 bits per heavy atom. The number of Topliss-reactive ketones (excluding diaryl/α,β-unsaturated/α-hetero) is 1. The quantitative estimate of drug-likeness (QED) is 0.804. The summed E-state index contributed by atoms with van der Waals surface area (Å²) in [6, 6.07) is 1.02. The summed E-state index contributed by atoms with van der Waals surface area (Å²) in [5, 5.41) is 0. The first kappa shape index (κ1) is 15.9. The Hall–Kier alpha value is -1.47. The first-order chi connectivity index (χ1) is 9.80. The molecule has 1 aromatic rings. The third-order valence-corrected chi connectivity index (χ3v) is 3.51. The maximum Gasteiger partial charge on any atom is 0.417 e. The van der Waals surface area contributed by atoms with Gasteiger partial charge in [-0.2, -0.15) is 13.2 Å². The minimum atomic E-state index is -4.58. The van der Waals surface area contributed by atoms with Gasteiger partial charge in [-0.15, -0.1) is 0 Å². The number of rotatable bonds is 3. The third kappa shape index (κ3) is 3.59.